The summed E-state index contributed by atoms with van der Waals surface area (Å²) in [5, 5.41) is 5.75. The molecule has 0 radical (unpaired) electrons. The van der Waals surface area contributed by atoms with Crippen molar-refractivity contribution in [1.29, 1.82) is 0 Å². The van der Waals surface area contributed by atoms with Crippen LogP contribution in [0.25, 0.3) is 15.9 Å². The van der Waals surface area contributed by atoms with Crippen LogP contribution in [0.3, 0.4) is 0 Å². The Morgan fingerprint density at radius 2 is 2.08 bits per heavy atom. The van der Waals surface area contributed by atoms with Gasteiger partial charge in [-0.15, -0.1) is 11.3 Å². The van der Waals surface area contributed by atoms with Crippen LogP contribution in [0.5, 0.6) is 0 Å². The molecule has 1 amide bonds. The Kier molecular flexibility index (Phi) is 4.34. The minimum absolute atomic E-state index is 0.187. The first-order valence-corrected chi connectivity index (χ1v) is 9.86. The lowest BCUT2D eigenvalue weighted by atomic mass is 10.00. The summed E-state index contributed by atoms with van der Waals surface area (Å²) in [6.07, 6.45) is 4.51. The molecule has 0 spiro atoms. The predicted molar refractivity (Wildman–Crippen MR) is 103 cm³/mol. The molecule has 2 aromatic heterocycles. The second-order valence-electron chi connectivity index (χ2n) is 6.72. The number of benzene rings is 1. The van der Waals surface area contributed by atoms with Crippen LogP contribution in [-0.4, -0.2) is 33.2 Å². The molecule has 1 fully saturated rings. The molecule has 3 aromatic rings. The van der Waals surface area contributed by atoms with Gasteiger partial charge in [0.1, 0.15) is 4.83 Å². The number of aryl methyl sites for hydroxylation is 1. The molecule has 5 heteroatoms. The number of hydrogen-bond acceptors (Lipinski definition) is 3. The maximum absolute atomic E-state index is 13.1. The number of carbonyl (C=O) groups excluding carboxylic acids is 1. The predicted octanol–water partition coefficient (Wildman–Crippen LogP) is 4.80. The number of amides is 1. The average molecular weight is 353 g/mol. The van der Waals surface area contributed by atoms with Gasteiger partial charge in [0.05, 0.1) is 16.3 Å². The van der Waals surface area contributed by atoms with E-state index in [1.54, 1.807) is 11.3 Å². The highest BCUT2D eigenvalue weighted by atomic mass is 32.1. The summed E-state index contributed by atoms with van der Waals surface area (Å²) in [4.78, 5) is 17.1. The number of carbonyl (C=O) groups is 1. The van der Waals surface area contributed by atoms with Crippen molar-refractivity contribution in [2.24, 2.45) is 0 Å². The SMILES string of the molecule is CCC1CCCCN1C(=O)c1cc2c(C)nn(-c3ccccc3)c2s1. The fourth-order valence-electron chi connectivity index (χ4n) is 3.73. The normalized spacial score (nSPS) is 18.0. The summed E-state index contributed by atoms with van der Waals surface area (Å²) in [7, 11) is 0. The number of nitrogens with zero attached hydrogens (tertiary/aromatic N) is 3. The van der Waals surface area contributed by atoms with Crippen LogP contribution in [0.2, 0.25) is 0 Å². The topological polar surface area (TPSA) is 38.1 Å². The Labute approximate surface area is 152 Å². The van der Waals surface area contributed by atoms with Gasteiger partial charge in [-0.3, -0.25) is 4.79 Å². The summed E-state index contributed by atoms with van der Waals surface area (Å²) in [5.41, 5.74) is 2.01. The number of likely N-dealkylation sites (tertiary alicyclic amines) is 1. The Morgan fingerprint density at radius 1 is 1.28 bits per heavy atom. The van der Waals surface area contributed by atoms with Gasteiger partial charge in [-0.2, -0.15) is 5.10 Å². The Morgan fingerprint density at radius 3 is 2.84 bits per heavy atom. The molecule has 3 heterocycles. The van der Waals surface area contributed by atoms with Crippen molar-refractivity contribution in [2.45, 2.75) is 45.6 Å². The van der Waals surface area contributed by atoms with E-state index in [2.05, 4.69) is 16.9 Å². The van der Waals surface area contributed by atoms with E-state index in [0.717, 1.165) is 52.3 Å². The van der Waals surface area contributed by atoms with E-state index in [1.807, 2.05) is 48.0 Å². The highest BCUT2D eigenvalue weighted by molar-refractivity contribution is 7.20. The molecule has 25 heavy (non-hydrogen) atoms. The lowest BCUT2D eigenvalue weighted by Crippen LogP contribution is -2.43. The molecule has 1 aromatic carbocycles. The third kappa shape index (κ3) is 2.86. The summed E-state index contributed by atoms with van der Waals surface area (Å²) in [6.45, 7) is 5.08. The third-order valence-electron chi connectivity index (χ3n) is 5.12. The first kappa shape index (κ1) is 16.3. The van der Waals surface area contributed by atoms with Crippen LogP contribution in [0.4, 0.5) is 0 Å². The van der Waals surface area contributed by atoms with Gasteiger partial charge in [0.25, 0.3) is 5.91 Å². The van der Waals surface area contributed by atoms with Crippen molar-refractivity contribution in [3.05, 3.63) is 47.0 Å². The molecule has 1 atom stereocenters. The van der Waals surface area contributed by atoms with Gasteiger partial charge in [0, 0.05) is 18.0 Å². The van der Waals surface area contributed by atoms with Crippen LogP contribution < -0.4 is 0 Å². The molecule has 1 aliphatic heterocycles. The van der Waals surface area contributed by atoms with Crippen molar-refractivity contribution >= 4 is 27.5 Å². The maximum atomic E-state index is 13.1. The van der Waals surface area contributed by atoms with Gasteiger partial charge in [0.2, 0.25) is 0 Å². The van der Waals surface area contributed by atoms with Gasteiger partial charge in [-0.1, -0.05) is 25.1 Å². The van der Waals surface area contributed by atoms with Gasteiger partial charge in [0.15, 0.2) is 0 Å². The molecule has 0 N–H and O–H groups in total. The molecule has 0 bridgehead atoms. The smallest absolute Gasteiger partial charge is 0.264 e. The number of aromatic nitrogens is 2. The lowest BCUT2D eigenvalue weighted by Gasteiger charge is -2.35. The molecular weight excluding hydrogens is 330 g/mol. The van der Waals surface area contributed by atoms with Gasteiger partial charge in [-0.25, -0.2) is 4.68 Å². The van der Waals surface area contributed by atoms with E-state index in [0.29, 0.717) is 6.04 Å². The van der Waals surface area contributed by atoms with Gasteiger partial charge < -0.3 is 4.90 Å². The second kappa shape index (κ2) is 6.64. The zero-order chi connectivity index (χ0) is 17.4. The largest absolute Gasteiger partial charge is 0.335 e. The van der Waals surface area contributed by atoms with E-state index in [-0.39, 0.29) is 5.91 Å². The van der Waals surface area contributed by atoms with Crippen molar-refractivity contribution < 1.29 is 4.79 Å². The number of rotatable bonds is 3. The first-order valence-electron chi connectivity index (χ1n) is 9.04. The minimum Gasteiger partial charge on any atom is -0.335 e. The number of fused-ring (bicyclic) bond motifs is 1. The minimum atomic E-state index is 0.187. The summed E-state index contributed by atoms with van der Waals surface area (Å²) < 4.78 is 1.96. The third-order valence-corrected chi connectivity index (χ3v) is 6.21. The Balaban J connectivity index is 1.73. The van der Waals surface area contributed by atoms with Crippen molar-refractivity contribution in [3.8, 4) is 5.69 Å². The highest BCUT2D eigenvalue weighted by Gasteiger charge is 2.28. The van der Waals surface area contributed by atoms with E-state index in [4.69, 9.17) is 0 Å². The Hall–Kier alpha value is -2.14. The summed E-state index contributed by atoms with van der Waals surface area (Å²) >= 11 is 1.56. The standard InChI is InChI=1S/C20H23N3OS/c1-3-15-9-7-8-12-22(15)19(24)18-13-17-14(2)21-23(20(17)25-18)16-10-5-4-6-11-16/h4-6,10-11,13,15H,3,7-9,12H2,1-2H3. The maximum Gasteiger partial charge on any atom is 0.264 e. The Bertz CT molecular complexity index is 896. The fourth-order valence-corrected chi connectivity index (χ4v) is 4.87. The van der Waals surface area contributed by atoms with Crippen molar-refractivity contribution in [2.75, 3.05) is 6.54 Å². The van der Waals surface area contributed by atoms with Crippen LogP contribution >= 0.6 is 11.3 Å². The number of thiophene rings is 1. The number of para-hydroxylation sites is 1. The molecule has 1 saturated heterocycles. The number of piperidine rings is 1. The molecular formula is C20H23N3OS. The summed E-state index contributed by atoms with van der Waals surface area (Å²) in [6, 6.07) is 12.5. The van der Waals surface area contributed by atoms with E-state index < -0.39 is 0 Å². The second-order valence-corrected chi connectivity index (χ2v) is 7.75. The van der Waals surface area contributed by atoms with Crippen LogP contribution in [0.1, 0.15) is 48.0 Å². The molecule has 4 rings (SSSR count). The average Bonchev–Trinajstić information content (AvgIpc) is 3.22. The van der Waals surface area contributed by atoms with E-state index >= 15 is 0 Å². The molecule has 4 nitrogen and oxygen atoms in total. The molecule has 0 aliphatic carbocycles. The van der Waals surface area contributed by atoms with Crippen LogP contribution in [0, 0.1) is 6.92 Å². The molecule has 0 saturated carbocycles. The lowest BCUT2D eigenvalue weighted by molar-refractivity contribution is 0.0613. The van der Waals surface area contributed by atoms with Gasteiger partial charge in [-0.05, 0) is 50.8 Å². The summed E-state index contributed by atoms with van der Waals surface area (Å²) in [5.74, 6) is 0.187. The van der Waals surface area contributed by atoms with Crippen LogP contribution in [-0.2, 0) is 0 Å². The monoisotopic (exact) mass is 353 g/mol. The fraction of sp³-hybridized carbons (Fsp3) is 0.400. The first-order chi connectivity index (χ1) is 12.2. The molecule has 1 unspecified atom stereocenters. The van der Waals surface area contributed by atoms with Crippen molar-refractivity contribution in [3.63, 3.8) is 0 Å². The van der Waals surface area contributed by atoms with E-state index in [9.17, 15) is 4.79 Å². The van der Waals surface area contributed by atoms with Crippen LogP contribution in [0.15, 0.2) is 36.4 Å². The zero-order valence-corrected chi connectivity index (χ0v) is 15.6. The molecule has 130 valence electrons. The van der Waals surface area contributed by atoms with Crippen molar-refractivity contribution in [1.82, 2.24) is 14.7 Å². The van der Waals surface area contributed by atoms with Gasteiger partial charge >= 0.3 is 0 Å². The van der Waals surface area contributed by atoms with E-state index in [1.165, 1.54) is 6.42 Å². The zero-order valence-electron chi connectivity index (χ0n) is 14.7. The number of hydrogen-bond donors (Lipinski definition) is 0. The molecule has 1 aliphatic rings. The quantitative estimate of drug-likeness (QED) is 0.678. The highest BCUT2D eigenvalue weighted by Crippen LogP contribution is 2.32.